The van der Waals surface area contributed by atoms with Gasteiger partial charge in [-0.1, -0.05) is 0 Å². The summed E-state index contributed by atoms with van der Waals surface area (Å²) in [5, 5.41) is 4.22. The number of rotatable bonds is 2. The average molecular weight is 208 g/mol. The van der Waals surface area contributed by atoms with Gasteiger partial charge in [-0.3, -0.25) is 0 Å². The van der Waals surface area contributed by atoms with E-state index in [-0.39, 0.29) is 0 Å². The molecule has 2 N–H and O–H groups in total. The summed E-state index contributed by atoms with van der Waals surface area (Å²) < 4.78 is 51.8. The second-order valence-electron chi connectivity index (χ2n) is 2.51. The highest BCUT2D eigenvalue weighted by Gasteiger charge is 2.23. The van der Waals surface area contributed by atoms with Crippen molar-refractivity contribution in [2.75, 3.05) is 24.7 Å². The van der Waals surface area contributed by atoms with E-state index in [1.807, 2.05) is 0 Å². The van der Waals surface area contributed by atoms with Crippen LogP contribution in [0.1, 0.15) is 0 Å². The van der Waals surface area contributed by atoms with Gasteiger partial charge in [0.05, 0.1) is 0 Å². The highest BCUT2D eigenvalue weighted by Crippen LogP contribution is 2.30. The molecule has 0 heterocycles. The van der Waals surface area contributed by atoms with Crippen LogP contribution in [0.15, 0.2) is 0 Å². The molecule has 0 unspecified atom stereocenters. The molecule has 0 aliphatic rings. The van der Waals surface area contributed by atoms with Crippen LogP contribution in [0.5, 0.6) is 0 Å². The summed E-state index contributed by atoms with van der Waals surface area (Å²) in [5.74, 6) is -6.03. The zero-order valence-electron chi connectivity index (χ0n) is 7.51. The molecule has 0 saturated heterocycles. The molecular weight excluding hydrogens is 200 g/mol. The molecule has 0 spiro atoms. The summed E-state index contributed by atoms with van der Waals surface area (Å²) in [4.78, 5) is 0. The number of benzene rings is 1. The van der Waals surface area contributed by atoms with E-state index in [0.29, 0.717) is 0 Å². The van der Waals surface area contributed by atoms with E-state index in [1.165, 1.54) is 14.1 Å². The highest BCUT2D eigenvalue weighted by molar-refractivity contribution is 5.60. The minimum atomic E-state index is -1.71. The topological polar surface area (TPSA) is 24.1 Å². The van der Waals surface area contributed by atoms with Crippen LogP contribution in [-0.2, 0) is 0 Å². The van der Waals surface area contributed by atoms with Crippen LogP contribution in [0.3, 0.4) is 0 Å². The molecule has 78 valence electrons. The molecular formula is C8H8F4N2. The van der Waals surface area contributed by atoms with E-state index in [9.17, 15) is 17.6 Å². The van der Waals surface area contributed by atoms with Gasteiger partial charge in [0.25, 0.3) is 0 Å². The van der Waals surface area contributed by atoms with E-state index in [2.05, 4.69) is 10.6 Å². The quantitative estimate of drug-likeness (QED) is 0.442. The van der Waals surface area contributed by atoms with Crippen LogP contribution < -0.4 is 10.6 Å². The van der Waals surface area contributed by atoms with Crippen molar-refractivity contribution in [2.24, 2.45) is 0 Å². The lowest BCUT2D eigenvalue weighted by molar-refractivity contribution is 0.441. The third-order valence-corrected chi connectivity index (χ3v) is 1.76. The second-order valence-corrected chi connectivity index (χ2v) is 2.51. The normalized spacial score (nSPS) is 10.1. The Morgan fingerprint density at radius 2 is 1.00 bits per heavy atom. The van der Waals surface area contributed by atoms with E-state index in [0.717, 1.165) is 0 Å². The lowest BCUT2D eigenvalue weighted by atomic mass is 10.2. The van der Waals surface area contributed by atoms with Gasteiger partial charge in [0, 0.05) is 14.1 Å². The first-order valence-electron chi connectivity index (χ1n) is 3.76. The largest absolute Gasteiger partial charge is 0.383 e. The van der Waals surface area contributed by atoms with E-state index in [4.69, 9.17) is 0 Å². The van der Waals surface area contributed by atoms with Crippen molar-refractivity contribution in [3.05, 3.63) is 23.3 Å². The number of nitrogens with one attached hydrogen (secondary N) is 2. The molecule has 0 amide bonds. The van der Waals surface area contributed by atoms with Crippen LogP contribution >= 0.6 is 0 Å². The van der Waals surface area contributed by atoms with E-state index >= 15 is 0 Å². The molecule has 0 aliphatic heterocycles. The lowest BCUT2D eigenvalue weighted by Gasteiger charge is -2.10. The molecule has 6 heteroatoms. The first kappa shape index (κ1) is 10.6. The van der Waals surface area contributed by atoms with Gasteiger partial charge in [0.1, 0.15) is 11.4 Å². The Balaban J connectivity index is 3.56. The molecule has 0 atom stereocenters. The molecule has 1 aromatic carbocycles. The molecule has 1 aromatic rings. The van der Waals surface area contributed by atoms with Crippen molar-refractivity contribution in [2.45, 2.75) is 0 Å². The summed E-state index contributed by atoms with van der Waals surface area (Å²) in [6.45, 7) is 0. The molecule has 0 bridgehead atoms. The summed E-state index contributed by atoms with van der Waals surface area (Å²) in [5.41, 5.74) is -1.40. The van der Waals surface area contributed by atoms with Crippen LogP contribution in [0, 0.1) is 23.3 Å². The number of hydrogen-bond donors (Lipinski definition) is 2. The zero-order valence-corrected chi connectivity index (χ0v) is 7.51. The Morgan fingerprint density at radius 3 is 1.29 bits per heavy atom. The molecule has 0 aromatic heterocycles. The highest BCUT2D eigenvalue weighted by atomic mass is 19.2. The summed E-state index contributed by atoms with van der Waals surface area (Å²) in [6.07, 6.45) is 0. The van der Waals surface area contributed by atoms with Crippen molar-refractivity contribution in [3.63, 3.8) is 0 Å². The van der Waals surface area contributed by atoms with Crippen molar-refractivity contribution in [3.8, 4) is 0 Å². The van der Waals surface area contributed by atoms with Gasteiger partial charge in [-0.25, -0.2) is 17.6 Å². The van der Waals surface area contributed by atoms with E-state index in [1.54, 1.807) is 0 Å². The predicted molar refractivity (Wildman–Crippen MR) is 45.4 cm³/mol. The molecule has 0 fully saturated rings. The van der Waals surface area contributed by atoms with Gasteiger partial charge < -0.3 is 10.6 Å². The van der Waals surface area contributed by atoms with Gasteiger partial charge in [-0.15, -0.1) is 0 Å². The second kappa shape index (κ2) is 3.73. The SMILES string of the molecule is CNc1c(F)c(F)c(F)c(NC)c1F. The fourth-order valence-electron chi connectivity index (χ4n) is 1.07. The monoisotopic (exact) mass is 208 g/mol. The van der Waals surface area contributed by atoms with Crippen LogP contribution in [0.2, 0.25) is 0 Å². The Morgan fingerprint density at radius 1 is 0.643 bits per heavy atom. The fraction of sp³-hybridized carbons (Fsp3) is 0.250. The first-order valence-corrected chi connectivity index (χ1v) is 3.76. The van der Waals surface area contributed by atoms with Crippen molar-refractivity contribution in [1.29, 1.82) is 0 Å². The van der Waals surface area contributed by atoms with Crippen LogP contribution in [-0.4, -0.2) is 14.1 Å². The maximum atomic E-state index is 13.2. The molecule has 2 nitrogen and oxygen atoms in total. The van der Waals surface area contributed by atoms with Gasteiger partial charge in [0.15, 0.2) is 23.3 Å². The zero-order chi connectivity index (χ0) is 10.9. The van der Waals surface area contributed by atoms with Gasteiger partial charge in [0.2, 0.25) is 0 Å². The molecule has 1 rings (SSSR count). The van der Waals surface area contributed by atoms with Crippen LogP contribution in [0.25, 0.3) is 0 Å². The lowest BCUT2D eigenvalue weighted by Crippen LogP contribution is -2.07. The minimum absolute atomic E-state index is 0.701. The van der Waals surface area contributed by atoms with Crippen molar-refractivity contribution in [1.82, 2.24) is 0 Å². The smallest absolute Gasteiger partial charge is 0.198 e. The number of anilines is 2. The number of halogens is 4. The van der Waals surface area contributed by atoms with Gasteiger partial charge >= 0.3 is 0 Å². The Bertz CT molecular complexity index is 334. The van der Waals surface area contributed by atoms with Crippen LogP contribution in [0.4, 0.5) is 28.9 Å². The maximum absolute atomic E-state index is 13.2. The van der Waals surface area contributed by atoms with Gasteiger partial charge in [-0.2, -0.15) is 0 Å². The Kier molecular flexibility index (Phi) is 2.83. The standard InChI is InChI=1S/C8H8F4N2/c1-13-7-4(10)3(9)5(11)8(14-2)6(7)12/h13-14H,1-2H3. The fourth-order valence-corrected chi connectivity index (χ4v) is 1.07. The molecule has 0 radical (unpaired) electrons. The molecule has 0 aliphatic carbocycles. The summed E-state index contributed by atoms with van der Waals surface area (Å²) in [7, 11) is 2.41. The first-order chi connectivity index (χ1) is 6.54. The third kappa shape index (κ3) is 1.36. The van der Waals surface area contributed by atoms with Crippen molar-refractivity contribution >= 4 is 11.4 Å². The Hall–Kier alpha value is -1.46. The van der Waals surface area contributed by atoms with Gasteiger partial charge in [-0.05, 0) is 0 Å². The minimum Gasteiger partial charge on any atom is -0.383 e. The third-order valence-electron chi connectivity index (χ3n) is 1.76. The number of hydrogen-bond acceptors (Lipinski definition) is 2. The van der Waals surface area contributed by atoms with Crippen molar-refractivity contribution < 1.29 is 17.6 Å². The molecule has 0 saturated carbocycles. The Labute approximate surface area is 77.9 Å². The summed E-state index contributed by atoms with van der Waals surface area (Å²) >= 11 is 0. The molecule has 14 heavy (non-hydrogen) atoms. The maximum Gasteiger partial charge on any atom is 0.198 e. The summed E-state index contributed by atoms with van der Waals surface area (Å²) in [6, 6.07) is 0. The average Bonchev–Trinajstić information content (AvgIpc) is 2.16. The predicted octanol–water partition coefficient (Wildman–Crippen LogP) is 2.33. The van der Waals surface area contributed by atoms with E-state index < -0.39 is 34.6 Å².